The molecule has 3 rings (SSSR count). The summed E-state index contributed by atoms with van der Waals surface area (Å²) in [5.41, 5.74) is 5.64. The van der Waals surface area contributed by atoms with Gasteiger partial charge in [-0.3, -0.25) is 0 Å². The zero-order valence-electron chi connectivity index (χ0n) is 14.7. The van der Waals surface area contributed by atoms with Gasteiger partial charge in [0.25, 0.3) is 0 Å². The standard InChI is InChI=1S/C20H20N2O3/c1-12-7-13(2)9-16(8-12)22-18(11-17(21-22)20(23)24)15-5-6-19(25-4)14(3)10-15/h5-11H,1-4H3,(H,23,24). The van der Waals surface area contributed by atoms with E-state index in [0.29, 0.717) is 0 Å². The highest BCUT2D eigenvalue weighted by Gasteiger charge is 2.17. The second-order valence-corrected chi connectivity index (χ2v) is 6.16. The van der Waals surface area contributed by atoms with Crippen molar-refractivity contribution in [1.82, 2.24) is 9.78 Å². The average molecular weight is 336 g/mol. The van der Waals surface area contributed by atoms with Gasteiger partial charge in [0.05, 0.1) is 18.5 Å². The first-order valence-electron chi connectivity index (χ1n) is 7.96. The van der Waals surface area contributed by atoms with Crippen molar-refractivity contribution in [1.29, 1.82) is 0 Å². The van der Waals surface area contributed by atoms with Crippen molar-refractivity contribution in [2.75, 3.05) is 7.11 Å². The maximum atomic E-state index is 11.4. The van der Waals surface area contributed by atoms with Gasteiger partial charge in [0, 0.05) is 5.56 Å². The number of ether oxygens (including phenoxy) is 1. The maximum Gasteiger partial charge on any atom is 0.356 e. The fraction of sp³-hybridized carbons (Fsp3) is 0.200. The van der Waals surface area contributed by atoms with Crippen LogP contribution in [0.3, 0.4) is 0 Å². The van der Waals surface area contributed by atoms with Crippen LogP contribution in [-0.2, 0) is 0 Å². The summed E-state index contributed by atoms with van der Waals surface area (Å²) < 4.78 is 6.99. The third kappa shape index (κ3) is 3.26. The summed E-state index contributed by atoms with van der Waals surface area (Å²) in [5, 5.41) is 13.7. The van der Waals surface area contributed by atoms with Crippen molar-refractivity contribution in [3.63, 3.8) is 0 Å². The van der Waals surface area contributed by atoms with Crippen LogP contribution in [0.2, 0.25) is 0 Å². The van der Waals surface area contributed by atoms with E-state index in [-0.39, 0.29) is 5.69 Å². The molecule has 0 aliphatic heterocycles. The van der Waals surface area contributed by atoms with Crippen LogP contribution in [0.1, 0.15) is 27.2 Å². The molecule has 0 fully saturated rings. The van der Waals surface area contributed by atoms with Gasteiger partial charge in [0.15, 0.2) is 5.69 Å². The van der Waals surface area contributed by atoms with E-state index < -0.39 is 5.97 Å². The second-order valence-electron chi connectivity index (χ2n) is 6.16. The average Bonchev–Trinajstić information content (AvgIpc) is 2.99. The fourth-order valence-corrected chi connectivity index (χ4v) is 3.00. The number of rotatable bonds is 4. The SMILES string of the molecule is COc1ccc(-c2cc(C(=O)O)nn2-c2cc(C)cc(C)c2)cc1C. The van der Waals surface area contributed by atoms with Gasteiger partial charge in [0.1, 0.15) is 5.75 Å². The third-order valence-corrected chi connectivity index (χ3v) is 4.07. The summed E-state index contributed by atoms with van der Waals surface area (Å²) in [4.78, 5) is 11.4. The maximum absolute atomic E-state index is 11.4. The second kappa shape index (κ2) is 6.43. The molecule has 0 atom stereocenters. The first kappa shape index (κ1) is 16.8. The number of carboxylic acids is 1. The molecule has 128 valence electrons. The van der Waals surface area contributed by atoms with Crippen LogP contribution in [-0.4, -0.2) is 28.0 Å². The number of hydrogen-bond acceptors (Lipinski definition) is 3. The highest BCUT2D eigenvalue weighted by molar-refractivity contribution is 5.87. The Hall–Kier alpha value is -3.08. The number of methoxy groups -OCH3 is 1. The zero-order valence-corrected chi connectivity index (χ0v) is 14.7. The highest BCUT2D eigenvalue weighted by atomic mass is 16.5. The van der Waals surface area contributed by atoms with Gasteiger partial charge in [-0.05, 0) is 73.9 Å². The van der Waals surface area contributed by atoms with E-state index in [1.165, 1.54) is 0 Å². The molecule has 0 amide bonds. The van der Waals surface area contributed by atoms with Crippen molar-refractivity contribution in [2.24, 2.45) is 0 Å². The molecule has 1 heterocycles. The summed E-state index contributed by atoms with van der Waals surface area (Å²) in [6.07, 6.45) is 0. The lowest BCUT2D eigenvalue weighted by Crippen LogP contribution is -2.03. The van der Waals surface area contributed by atoms with Crippen molar-refractivity contribution >= 4 is 5.97 Å². The number of carboxylic acid groups (broad SMARTS) is 1. The van der Waals surface area contributed by atoms with Crippen LogP contribution in [0.15, 0.2) is 42.5 Å². The van der Waals surface area contributed by atoms with E-state index >= 15 is 0 Å². The Kier molecular flexibility index (Phi) is 4.31. The third-order valence-electron chi connectivity index (χ3n) is 4.07. The minimum atomic E-state index is -1.05. The Balaban J connectivity index is 2.22. The molecule has 2 aromatic carbocycles. The topological polar surface area (TPSA) is 64.3 Å². The Labute approximate surface area is 146 Å². The lowest BCUT2D eigenvalue weighted by Gasteiger charge is -2.11. The van der Waals surface area contributed by atoms with Crippen molar-refractivity contribution < 1.29 is 14.6 Å². The van der Waals surface area contributed by atoms with Gasteiger partial charge in [-0.15, -0.1) is 0 Å². The van der Waals surface area contributed by atoms with Gasteiger partial charge in [-0.25, -0.2) is 9.48 Å². The van der Waals surface area contributed by atoms with Crippen LogP contribution in [0.25, 0.3) is 16.9 Å². The Morgan fingerprint density at radius 3 is 2.28 bits per heavy atom. The predicted molar refractivity (Wildman–Crippen MR) is 96.7 cm³/mol. The number of hydrogen-bond donors (Lipinski definition) is 1. The normalized spacial score (nSPS) is 10.7. The molecule has 0 bridgehead atoms. The van der Waals surface area contributed by atoms with Crippen molar-refractivity contribution in [3.05, 3.63) is 64.8 Å². The monoisotopic (exact) mass is 336 g/mol. The van der Waals surface area contributed by atoms with Gasteiger partial charge in [0.2, 0.25) is 0 Å². The Morgan fingerprint density at radius 1 is 1.04 bits per heavy atom. The summed E-state index contributed by atoms with van der Waals surface area (Å²) in [7, 11) is 1.63. The summed E-state index contributed by atoms with van der Waals surface area (Å²) in [6, 6.07) is 13.4. The lowest BCUT2D eigenvalue weighted by atomic mass is 10.1. The Morgan fingerprint density at radius 2 is 1.72 bits per heavy atom. The molecule has 1 aromatic heterocycles. The van der Waals surface area contributed by atoms with Gasteiger partial charge >= 0.3 is 5.97 Å². The largest absolute Gasteiger partial charge is 0.496 e. The van der Waals surface area contributed by atoms with E-state index in [1.807, 2.05) is 51.1 Å². The minimum Gasteiger partial charge on any atom is -0.496 e. The molecule has 3 aromatic rings. The molecule has 0 unspecified atom stereocenters. The van der Waals surface area contributed by atoms with Crippen LogP contribution in [0.4, 0.5) is 0 Å². The molecule has 0 radical (unpaired) electrons. The lowest BCUT2D eigenvalue weighted by molar-refractivity contribution is 0.0690. The highest BCUT2D eigenvalue weighted by Crippen LogP contribution is 2.29. The molecular weight excluding hydrogens is 316 g/mol. The van der Waals surface area contributed by atoms with E-state index in [2.05, 4.69) is 11.2 Å². The van der Waals surface area contributed by atoms with E-state index in [1.54, 1.807) is 17.9 Å². The molecule has 0 aliphatic rings. The molecule has 1 N–H and O–H groups in total. The summed E-state index contributed by atoms with van der Waals surface area (Å²) in [6.45, 7) is 5.97. The minimum absolute atomic E-state index is 0.0163. The molecule has 25 heavy (non-hydrogen) atoms. The van der Waals surface area contributed by atoms with Crippen molar-refractivity contribution in [3.8, 4) is 22.7 Å². The van der Waals surface area contributed by atoms with E-state index in [4.69, 9.17) is 4.74 Å². The number of aromatic nitrogens is 2. The van der Waals surface area contributed by atoms with E-state index in [0.717, 1.165) is 39.4 Å². The molecule has 5 heteroatoms. The molecule has 0 aliphatic carbocycles. The summed E-state index contributed by atoms with van der Waals surface area (Å²) in [5.74, 6) is -0.255. The molecular formula is C20H20N2O3. The number of carbonyl (C=O) groups is 1. The number of nitrogens with zero attached hydrogens (tertiary/aromatic N) is 2. The molecule has 0 spiro atoms. The first-order chi connectivity index (χ1) is 11.9. The van der Waals surface area contributed by atoms with Crippen LogP contribution in [0.5, 0.6) is 5.75 Å². The number of benzene rings is 2. The first-order valence-corrected chi connectivity index (χ1v) is 7.96. The number of aryl methyl sites for hydroxylation is 3. The molecule has 0 saturated heterocycles. The van der Waals surface area contributed by atoms with Crippen molar-refractivity contribution in [2.45, 2.75) is 20.8 Å². The predicted octanol–water partition coefficient (Wildman–Crippen LogP) is 4.17. The van der Waals surface area contributed by atoms with Gasteiger partial charge < -0.3 is 9.84 Å². The fourth-order valence-electron chi connectivity index (χ4n) is 3.00. The van der Waals surface area contributed by atoms with Crippen LogP contribution < -0.4 is 4.74 Å². The van der Waals surface area contributed by atoms with Gasteiger partial charge in [-0.1, -0.05) is 6.07 Å². The van der Waals surface area contributed by atoms with Crippen LogP contribution >= 0.6 is 0 Å². The summed E-state index contributed by atoms with van der Waals surface area (Å²) >= 11 is 0. The van der Waals surface area contributed by atoms with E-state index in [9.17, 15) is 9.90 Å². The molecule has 5 nitrogen and oxygen atoms in total. The smallest absolute Gasteiger partial charge is 0.356 e. The Bertz CT molecular complexity index is 937. The molecule has 0 saturated carbocycles. The van der Waals surface area contributed by atoms with Gasteiger partial charge in [-0.2, -0.15) is 5.10 Å². The quantitative estimate of drug-likeness (QED) is 0.776. The number of aromatic carboxylic acids is 1. The zero-order chi connectivity index (χ0) is 18.1. The van der Waals surface area contributed by atoms with Crippen LogP contribution in [0, 0.1) is 20.8 Å².